The van der Waals surface area contributed by atoms with Crippen molar-refractivity contribution in [3.8, 4) is 5.75 Å². The van der Waals surface area contributed by atoms with Crippen LogP contribution in [0.2, 0.25) is 0 Å². The van der Waals surface area contributed by atoms with Gasteiger partial charge in [-0.2, -0.15) is 0 Å². The number of hydrogen-bond donors (Lipinski definition) is 1. The molecular formula is C26H33BrN2O3S. The summed E-state index contributed by atoms with van der Waals surface area (Å²) >= 11 is 5.02. The first-order chi connectivity index (χ1) is 16.0. The van der Waals surface area contributed by atoms with Crippen LogP contribution in [0.4, 0.5) is 0 Å². The molecule has 1 fully saturated rings. The molecule has 3 rings (SSSR count). The average Bonchev–Trinajstić information content (AvgIpc) is 2.84. The second-order valence-corrected chi connectivity index (χ2v) is 10.4. The summed E-state index contributed by atoms with van der Waals surface area (Å²) in [6.45, 7) is 2.25. The largest absolute Gasteiger partial charge is 0.497 e. The minimum absolute atomic E-state index is 0.0253. The van der Waals surface area contributed by atoms with E-state index in [2.05, 4.69) is 21.2 Å². The fourth-order valence-electron chi connectivity index (χ4n) is 4.00. The third-order valence-electron chi connectivity index (χ3n) is 6.04. The molecule has 2 aromatic carbocycles. The number of benzene rings is 2. The molecule has 1 aliphatic carbocycles. The van der Waals surface area contributed by atoms with Crippen LogP contribution in [0.15, 0.2) is 53.0 Å². The molecule has 1 atom stereocenters. The fourth-order valence-corrected chi connectivity index (χ4v) is 5.13. The van der Waals surface area contributed by atoms with Crippen molar-refractivity contribution in [1.82, 2.24) is 10.2 Å². The number of amides is 2. The van der Waals surface area contributed by atoms with Gasteiger partial charge in [0.2, 0.25) is 11.8 Å². The number of carbonyl (C=O) groups excluding carboxylic acids is 2. The number of hydrogen-bond acceptors (Lipinski definition) is 4. The molecule has 0 spiro atoms. The number of nitrogens with one attached hydrogen (secondary N) is 1. The molecule has 0 bridgehead atoms. The van der Waals surface area contributed by atoms with Crippen LogP contribution >= 0.6 is 27.7 Å². The average molecular weight is 534 g/mol. The summed E-state index contributed by atoms with van der Waals surface area (Å²) in [5, 5.41) is 3.18. The highest BCUT2D eigenvalue weighted by Gasteiger charge is 2.28. The van der Waals surface area contributed by atoms with E-state index < -0.39 is 6.04 Å². The first-order valence-corrected chi connectivity index (χ1v) is 13.5. The van der Waals surface area contributed by atoms with E-state index >= 15 is 0 Å². The summed E-state index contributed by atoms with van der Waals surface area (Å²) in [6.07, 6.45) is 5.60. The molecule has 0 aliphatic heterocycles. The third-order valence-corrected chi connectivity index (χ3v) is 7.56. The summed E-state index contributed by atoms with van der Waals surface area (Å²) < 4.78 is 6.19. The first-order valence-electron chi connectivity index (χ1n) is 11.5. The van der Waals surface area contributed by atoms with Gasteiger partial charge in [-0.25, -0.2) is 0 Å². The number of carbonyl (C=O) groups is 2. The van der Waals surface area contributed by atoms with Gasteiger partial charge in [-0.3, -0.25) is 9.59 Å². The summed E-state index contributed by atoms with van der Waals surface area (Å²) in [5.41, 5.74) is 2.14. The van der Waals surface area contributed by atoms with Crippen molar-refractivity contribution >= 4 is 39.5 Å². The SMILES string of the molecule is COc1ccc(CSCC(=O)N(Cc2ccc(Br)cc2)C(C)C(=O)NC2CCCCC2)cc1. The Morgan fingerprint density at radius 1 is 1.06 bits per heavy atom. The zero-order valence-electron chi connectivity index (χ0n) is 19.4. The van der Waals surface area contributed by atoms with E-state index in [-0.39, 0.29) is 17.9 Å². The standard InChI is InChI=1S/C26H33BrN2O3S/c1-19(26(31)28-23-6-4-3-5-7-23)29(16-20-8-12-22(27)13-9-20)25(30)18-33-17-21-10-14-24(32-2)15-11-21/h8-15,19,23H,3-7,16-18H2,1-2H3,(H,28,31). The zero-order chi connectivity index (χ0) is 23.6. The van der Waals surface area contributed by atoms with Crippen molar-refractivity contribution in [2.75, 3.05) is 12.9 Å². The van der Waals surface area contributed by atoms with Crippen LogP contribution < -0.4 is 10.1 Å². The maximum atomic E-state index is 13.2. The highest BCUT2D eigenvalue weighted by atomic mass is 79.9. The smallest absolute Gasteiger partial charge is 0.242 e. The van der Waals surface area contributed by atoms with Gasteiger partial charge >= 0.3 is 0 Å². The predicted molar refractivity (Wildman–Crippen MR) is 138 cm³/mol. The van der Waals surface area contributed by atoms with Gasteiger partial charge in [-0.1, -0.05) is 59.5 Å². The lowest BCUT2D eigenvalue weighted by Gasteiger charge is -2.31. The molecule has 1 unspecified atom stereocenters. The van der Waals surface area contributed by atoms with Crippen LogP contribution in [0.5, 0.6) is 5.75 Å². The van der Waals surface area contributed by atoms with Crippen LogP contribution in [-0.2, 0) is 21.9 Å². The van der Waals surface area contributed by atoms with E-state index in [4.69, 9.17) is 4.74 Å². The van der Waals surface area contributed by atoms with Gasteiger partial charge in [-0.15, -0.1) is 11.8 Å². The Balaban J connectivity index is 1.63. The van der Waals surface area contributed by atoms with Crippen molar-refractivity contribution in [3.63, 3.8) is 0 Å². The lowest BCUT2D eigenvalue weighted by atomic mass is 9.95. The van der Waals surface area contributed by atoms with Gasteiger partial charge in [0.05, 0.1) is 12.9 Å². The van der Waals surface area contributed by atoms with Crippen molar-refractivity contribution in [2.45, 2.75) is 63.4 Å². The molecule has 1 saturated carbocycles. The zero-order valence-corrected chi connectivity index (χ0v) is 21.8. The van der Waals surface area contributed by atoms with Gasteiger partial charge in [0.15, 0.2) is 0 Å². The molecule has 178 valence electrons. The molecule has 7 heteroatoms. The second kappa shape index (κ2) is 13.0. The lowest BCUT2D eigenvalue weighted by molar-refractivity contribution is -0.139. The van der Waals surface area contributed by atoms with Crippen molar-refractivity contribution in [1.29, 1.82) is 0 Å². The molecular weight excluding hydrogens is 500 g/mol. The van der Waals surface area contributed by atoms with Crippen molar-refractivity contribution in [2.24, 2.45) is 0 Å². The normalized spacial score (nSPS) is 15.0. The Kier molecular flexibility index (Phi) is 10.1. The van der Waals surface area contributed by atoms with Crippen LogP contribution in [0.3, 0.4) is 0 Å². The van der Waals surface area contributed by atoms with Crippen LogP contribution in [-0.4, -0.2) is 41.7 Å². The number of methoxy groups -OCH3 is 1. The Hall–Kier alpha value is -1.99. The minimum atomic E-state index is -0.523. The quantitative estimate of drug-likeness (QED) is 0.435. The van der Waals surface area contributed by atoms with Crippen molar-refractivity contribution in [3.05, 3.63) is 64.1 Å². The Morgan fingerprint density at radius 3 is 2.33 bits per heavy atom. The van der Waals surface area contributed by atoms with E-state index in [1.165, 1.54) is 6.42 Å². The van der Waals surface area contributed by atoms with E-state index in [9.17, 15) is 9.59 Å². The molecule has 1 N–H and O–H groups in total. The van der Waals surface area contributed by atoms with Gasteiger partial charge in [0.25, 0.3) is 0 Å². The maximum Gasteiger partial charge on any atom is 0.242 e. The number of thioether (sulfide) groups is 1. The summed E-state index contributed by atoms with van der Waals surface area (Å²) in [6, 6.07) is 15.5. The number of rotatable bonds is 10. The highest BCUT2D eigenvalue weighted by molar-refractivity contribution is 9.10. The van der Waals surface area contributed by atoms with E-state index in [0.717, 1.165) is 52.8 Å². The Labute approximate surface area is 209 Å². The molecule has 0 aromatic heterocycles. The van der Waals surface area contributed by atoms with E-state index in [1.54, 1.807) is 23.8 Å². The lowest BCUT2D eigenvalue weighted by Crippen LogP contribution is -2.50. The maximum absolute atomic E-state index is 13.2. The fraction of sp³-hybridized carbons (Fsp3) is 0.462. The first kappa shape index (κ1) is 25.6. The molecule has 0 radical (unpaired) electrons. The number of halogens is 1. The highest BCUT2D eigenvalue weighted by Crippen LogP contribution is 2.21. The van der Waals surface area contributed by atoms with E-state index in [1.807, 2.05) is 55.5 Å². The second-order valence-electron chi connectivity index (χ2n) is 8.51. The van der Waals surface area contributed by atoms with Crippen LogP contribution in [0.25, 0.3) is 0 Å². The van der Waals surface area contributed by atoms with E-state index in [0.29, 0.717) is 12.3 Å². The summed E-state index contributed by atoms with van der Waals surface area (Å²) in [5.74, 6) is 1.78. The monoisotopic (exact) mass is 532 g/mol. The molecule has 5 nitrogen and oxygen atoms in total. The number of nitrogens with zero attached hydrogens (tertiary/aromatic N) is 1. The topological polar surface area (TPSA) is 58.6 Å². The van der Waals surface area contributed by atoms with Crippen LogP contribution in [0.1, 0.15) is 50.2 Å². The van der Waals surface area contributed by atoms with Crippen molar-refractivity contribution < 1.29 is 14.3 Å². The Morgan fingerprint density at radius 2 is 1.70 bits per heavy atom. The third kappa shape index (κ3) is 8.07. The molecule has 2 aromatic rings. The molecule has 2 amide bonds. The van der Waals surface area contributed by atoms with Gasteiger partial charge in [-0.05, 0) is 55.2 Å². The van der Waals surface area contributed by atoms with Crippen LogP contribution in [0, 0.1) is 0 Å². The minimum Gasteiger partial charge on any atom is -0.497 e. The summed E-state index contributed by atoms with van der Waals surface area (Å²) in [7, 11) is 1.65. The van der Waals surface area contributed by atoms with Gasteiger partial charge in [0, 0.05) is 22.8 Å². The molecule has 33 heavy (non-hydrogen) atoms. The predicted octanol–water partition coefficient (Wildman–Crippen LogP) is 5.56. The number of ether oxygens (including phenoxy) is 1. The molecule has 0 saturated heterocycles. The van der Waals surface area contributed by atoms with Gasteiger partial charge < -0.3 is 15.0 Å². The molecule has 0 heterocycles. The Bertz CT molecular complexity index is 899. The summed E-state index contributed by atoms with van der Waals surface area (Å²) in [4.78, 5) is 28.0. The molecule has 1 aliphatic rings. The van der Waals surface area contributed by atoms with Gasteiger partial charge in [0.1, 0.15) is 11.8 Å².